The Morgan fingerprint density at radius 2 is 1.89 bits per heavy atom. The predicted molar refractivity (Wildman–Crippen MR) is 70.7 cm³/mol. The largest absolute Gasteiger partial charge is 0.382 e. The lowest BCUT2D eigenvalue weighted by atomic mass is 10.1. The maximum atomic E-state index is 10.8. The molecule has 1 aromatic rings. The molecular formula is C14H18N2O2. The summed E-state index contributed by atoms with van der Waals surface area (Å²) in [5, 5.41) is 14.4. The van der Waals surface area contributed by atoms with Crippen molar-refractivity contribution in [3.05, 3.63) is 33.9 Å². The van der Waals surface area contributed by atoms with Crippen LogP contribution in [0.2, 0.25) is 0 Å². The van der Waals surface area contributed by atoms with Gasteiger partial charge >= 0.3 is 0 Å². The number of nitro groups is 1. The molecule has 0 amide bonds. The van der Waals surface area contributed by atoms with Gasteiger partial charge in [0, 0.05) is 23.4 Å². The first-order chi connectivity index (χ1) is 8.65. The Bertz CT molecular complexity index is 467. The summed E-state index contributed by atoms with van der Waals surface area (Å²) in [4.78, 5) is 10.5. The van der Waals surface area contributed by atoms with Crippen molar-refractivity contribution in [2.24, 2.45) is 11.8 Å². The molecule has 0 unspecified atom stereocenters. The third-order valence-electron chi connectivity index (χ3n) is 3.99. The molecule has 4 heteroatoms. The average molecular weight is 246 g/mol. The third-order valence-corrected chi connectivity index (χ3v) is 3.99. The molecule has 2 aliphatic carbocycles. The summed E-state index contributed by atoms with van der Waals surface area (Å²) in [5.41, 5.74) is 1.96. The fourth-order valence-electron chi connectivity index (χ4n) is 2.67. The second kappa shape index (κ2) is 4.26. The molecule has 0 heterocycles. The molecule has 3 rings (SSSR count). The Labute approximate surface area is 107 Å². The van der Waals surface area contributed by atoms with Crippen molar-refractivity contribution < 1.29 is 4.92 Å². The average Bonchev–Trinajstić information content (AvgIpc) is 3.17. The van der Waals surface area contributed by atoms with Crippen LogP contribution in [-0.4, -0.2) is 11.0 Å². The van der Waals surface area contributed by atoms with E-state index in [2.05, 4.69) is 5.32 Å². The Morgan fingerprint density at radius 1 is 1.28 bits per heavy atom. The number of aryl methyl sites for hydroxylation is 1. The van der Waals surface area contributed by atoms with Gasteiger partial charge in [-0.05, 0) is 56.6 Å². The Hall–Kier alpha value is -1.58. The zero-order valence-corrected chi connectivity index (χ0v) is 10.6. The Balaban J connectivity index is 1.75. The molecule has 0 saturated heterocycles. The molecule has 18 heavy (non-hydrogen) atoms. The van der Waals surface area contributed by atoms with Crippen molar-refractivity contribution >= 4 is 11.4 Å². The maximum absolute atomic E-state index is 10.8. The predicted octanol–water partition coefficient (Wildman–Crippen LogP) is 3.50. The number of benzene rings is 1. The summed E-state index contributed by atoms with van der Waals surface area (Å²) in [6, 6.07) is 5.93. The van der Waals surface area contributed by atoms with E-state index in [1.807, 2.05) is 12.1 Å². The zero-order chi connectivity index (χ0) is 12.7. The summed E-state index contributed by atoms with van der Waals surface area (Å²) in [7, 11) is 0. The molecule has 96 valence electrons. The molecule has 2 aliphatic rings. The van der Waals surface area contributed by atoms with E-state index in [1.165, 1.54) is 25.7 Å². The number of hydrogen-bond donors (Lipinski definition) is 1. The van der Waals surface area contributed by atoms with Crippen molar-refractivity contribution in [2.45, 2.75) is 38.6 Å². The van der Waals surface area contributed by atoms with Crippen LogP contribution in [0, 0.1) is 28.9 Å². The minimum absolute atomic E-state index is 0.204. The van der Waals surface area contributed by atoms with Gasteiger partial charge in [0.1, 0.15) is 0 Å². The Morgan fingerprint density at radius 3 is 2.33 bits per heavy atom. The van der Waals surface area contributed by atoms with Crippen molar-refractivity contribution in [2.75, 3.05) is 5.32 Å². The second-order valence-corrected chi connectivity index (χ2v) is 5.60. The number of anilines is 1. The highest BCUT2D eigenvalue weighted by molar-refractivity contribution is 5.54. The van der Waals surface area contributed by atoms with Crippen LogP contribution < -0.4 is 5.32 Å². The summed E-state index contributed by atoms with van der Waals surface area (Å²) < 4.78 is 0. The smallest absolute Gasteiger partial charge is 0.272 e. The first-order valence-electron chi connectivity index (χ1n) is 6.67. The first kappa shape index (κ1) is 11.5. The molecule has 1 aromatic carbocycles. The molecule has 0 bridgehead atoms. The van der Waals surface area contributed by atoms with Gasteiger partial charge in [-0.15, -0.1) is 0 Å². The van der Waals surface area contributed by atoms with Gasteiger partial charge in [0.2, 0.25) is 0 Å². The molecule has 0 aromatic heterocycles. The highest BCUT2D eigenvalue weighted by atomic mass is 16.6. The molecule has 0 spiro atoms. The standard InChI is InChI=1S/C14H18N2O2/c1-9-8-12(6-7-13(9)16(17)18)15-14(10-2-3-10)11-4-5-11/h6-8,10-11,14-15H,2-5H2,1H3. The van der Waals surface area contributed by atoms with E-state index in [-0.39, 0.29) is 10.6 Å². The van der Waals surface area contributed by atoms with E-state index in [0.717, 1.165) is 23.1 Å². The molecule has 0 atom stereocenters. The van der Waals surface area contributed by atoms with Gasteiger partial charge in [0.25, 0.3) is 5.69 Å². The topological polar surface area (TPSA) is 55.2 Å². The lowest BCUT2D eigenvalue weighted by Crippen LogP contribution is -2.24. The third kappa shape index (κ3) is 2.33. The maximum Gasteiger partial charge on any atom is 0.272 e. The molecule has 2 saturated carbocycles. The highest BCUT2D eigenvalue weighted by Crippen LogP contribution is 2.46. The normalized spacial score (nSPS) is 19.0. The van der Waals surface area contributed by atoms with E-state index in [4.69, 9.17) is 0 Å². The SMILES string of the molecule is Cc1cc(NC(C2CC2)C2CC2)ccc1[N+](=O)[O-]. The second-order valence-electron chi connectivity index (χ2n) is 5.60. The van der Waals surface area contributed by atoms with E-state index in [0.29, 0.717) is 6.04 Å². The first-order valence-corrected chi connectivity index (χ1v) is 6.67. The van der Waals surface area contributed by atoms with Gasteiger partial charge < -0.3 is 5.32 Å². The summed E-state index contributed by atoms with van der Waals surface area (Å²) in [5.74, 6) is 1.65. The number of nitrogens with one attached hydrogen (secondary N) is 1. The molecule has 4 nitrogen and oxygen atoms in total. The monoisotopic (exact) mass is 246 g/mol. The molecule has 0 radical (unpaired) electrons. The lowest BCUT2D eigenvalue weighted by molar-refractivity contribution is -0.385. The van der Waals surface area contributed by atoms with E-state index in [1.54, 1.807) is 13.0 Å². The van der Waals surface area contributed by atoms with Crippen LogP contribution in [-0.2, 0) is 0 Å². The zero-order valence-electron chi connectivity index (χ0n) is 10.6. The van der Waals surface area contributed by atoms with Gasteiger partial charge in [-0.2, -0.15) is 0 Å². The van der Waals surface area contributed by atoms with E-state index in [9.17, 15) is 10.1 Å². The van der Waals surface area contributed by atoms with Crippen LogP contribution >= 0.6 is 0 Å². The lowest BCUT2D eigenvalue weighted by Gasteiger charge is -2.19. The molecule has 0 aliphatic heterocycles. The van der Waals surface area contributed by atoms with Gasteiger partial charge in [-0.3, -0.25) is 10.1 Å². The van der Waals surface area contributed by atoms with Crippen LogP contribution in [0.1, 0.15) is 31.2 Å². The van der Waals surface area contributed by atoms with Crippen LogP contribution in [0.4, 0.5) is 11.4 Å². The highest BCUT2D eigenvalue weighted by Gasteiger charge is 2.41. The van der Waals surface area contributed by atoms with Gasteiger partial charge in [-0.1, -0.05) is 0 Å². The van der Waals surface area contributed by atoms with Crippen LogP contribution in [0.3, 0.4) is 0 Å². The van der Waals surface area contributed by atoms with E-state index < -0.39 is 0 Å². The molecule has 2 fully saturated rings. The fourth-order valence-corrected chi connectivity index (χ4v) is 2.67. The fraction of sp³-hybridized carbons (Fsp3) is 0.571. The molecule has 1 N–H and O–H groups in total. The number of nitro benzene ring substituents is 1. The Kier molecular flexibility index (Phi) is 2.73. The quantitative estimate of drug-likeness (QED) is 0.639. The van der Waals surface area contributed by atoms with Gasteiger partial charge in [0.05, 0.1) is 4.92 Å². The number of nitrogens with zero attached hydrogens (tertiary/aromatic N) is 1. The molecular weight excluding hydrogens is 228 g/mol. The van der Waals surface area contributed by atoms with E-state index >= 15 is 0 Å². The van der Waals surface area contributed by atoms with Crippen LogP contribution in [0.15, 0.2) is 18.2 Å². The summed E-state index contributed by atoms with van der Waals surface area (Å²) >= 11 is 0. The van der Waals surface area contributed by atoms with Crippen LogP contribution in [0.25, 0.3) is 0 Å². The van der Waals surface area contributed by atoms with Gasteiger partial charge in [0.15, 0.2) is 0 Å². The number of rotatable bonds is 5. The number of hydrogen-bond acceptors (Lipinski definition) is 3. The minimum Gasteiger partial charge on any atom is -0.382 e. The van der Waals surface area contributed by atoms with Crippen molar-refractivity contribution in [3.63, 3.8) is 0 Å². The van der Waals surface area contributed by atoms with Gasteiger partial charge in [-0.25, -0.2) is 0 Å². The van der Waals surface area contributed by atoms with Crippen molar-refractivity contribution in [1.82, 2.24) is 0 Å². The summed E-state index contributed by atoms with van der Waals surface area (Å²) in [6.45, 7) is 1.80. The van der Waals surface area contributed by atoms with Crippen LogP contribution in [0.5, 0.6) is 0 Å². The summed E-state index contributed by atoms with van der Waals surface area (Å²) in [6.07, 6.45) is 5.33. The van der Waals surface area contributed by atoms with Crippen molar-refractivity contribution in [1.29, 1.82) is 0 Å². The van der Waals surface area contributed by atoms with Crippen molar-refractivity contribution in [3.8, 4) is 0 Å². The minimum atomic E-state index is -0.321.